The Kier molecular flexibility index (Phi) is 3.03. The highest BCUT2D eigenvalue weighted by atomic mass is 16.5. The Morgan fingerprint density at radius 2 is 2.00 bits per heavy atom. The van der Waals surface area contributed by atoms with Crippen LogP contribution in [0.4, 0.5) is 5.82 Å². The van der Waals surface area contributed by atoms with Gasteiger partial charge in [0, 0.05) is 17.2 Å². The maximum Gasteiger partial charge on any atom is 0.145 e. The van der Waals surface area contributed by atoms with E-state index in [1.807, 2.05) is 18.2 Å². The number of anilines is 1. The van der Waals surface area contributed by atoms with E-state index in [9.17, 15) is 0 Å². The topological polar surface area (TPSA) is 63.9 Å². The number of hydrogen-bond donors (Lipinski definition) is 2. The van der Waals surface area contributed by atoms with Gasteiger partial charge in [0.2, 0.25) is 0 Å². The van der Waals surface area contributed by atoms with Gasteiger partial charge in [0.25, 0.3) is 0 Å². The summed E-state index contributed by atoms with van der Waals surface area (Å²) < 4.78 is 5.58. The minimum atomic E-state index is 0.0208. The van der Waals surface area contributed by atoms with Crippen LogP contribution in [0.15, 0.2) is 24.3 Å². The summed E-state index contributed by atoms with van der Waals surface area (Å²) in [6, 6.07) is 7.92. The van der Waals surface area contributed by atoms with Crippen molar-refractivity contribution in [3.63, 3.8) is 0 Å². The molecule has 1 aromatic heterocycles. The van der Waals surface area contributed by atoms with Crippen molar-refractivity contribution in [1.29, 1.82) is 0 Å². The van der Waals surface area contributed by atoms with E-state index >= 15 is 0 Å². The van der Waals surface area contributed by atoms with Crippen LogP contribution in [0, 0.1) is 0 Å². The van der Waals surface area contributed by atoms with E-state index in [0.29, 0.717) is 5.82 Å². The zero-order valence-electron chi connectivity index (χ0n) is 11.2. The van der Waals surface area contributed by atoms with Gasteiger partial charge in [-0.2, -0.15) is 5.10 Å². The maximum atomic E-state index is 5.65. The van der Waals surface area contributed by atoms with Crippen molar-refractivity contribution < 1.29 is 4.74 Å². The predicted molar refractivity (Wildman–Crippen MR) is 73.7 cm³/mol. The van der Waals surface area contributed by atoms with E-state index in [4.69, 9.17) is 10.5 Å². The molecule has 1 aromatic carbocycles. The standard InChI is InChI=1S/C14H19N3O/c1-14(2,3)10-7-5-6-9(13(10)18-4)11-8-12(15)17-16-11/h5-8H,1-4H3,(H3,15,16,17). The Bertz CT molecular complexity index is 552. The number of rotatable bonds is 2. The summed E-state index contributed by atoms with van der Waals surface area (Å²) in [5.41, 5.74) is 8.68. The number of para-hydroxylation sites is 1. The van der Waals surface area contributed by atoms with Gasteiger partial charge < -0.3 is 10.5 Å². The molecular formula is C14H19N3O. The van der Waals surface area contributed by atoms with Crippen molar-refractivity contribution in [2.45, 2.75) is 26.2 Å². The van der Waals surface area contributed by atoms with Gasteiger partial charge in [0.15, 0.2) is 0 Å². The van der Waals surface area contributed by atoms with Gasteiger partial charge in [0.05, 0.1) is 12.8 Å². The molecule has 18 heavy (non-hydrogen) atoms. The molecule has 0 amide bonds. The molecule has 0 saturated carbocycles. The van der Waals surface area contributed by atoms with Crippen LogP contribution in [-0.4, -0.2) is 17.3 Å². The Labute approximate surface area is 107 Å². The van der Waals surface area contributed by atoms with Crippen LogP contribution in [0.25, 0.3) is 11.3 Å². The minimum Gasteiger partial charge on any atom is -0.496 e. The summed E-state index contributed by atoms with van der Waals surface area (Å²) in [5, 5.41) is 6.88. The number of nitrogens with two attached hydrogens (primary N) is 1. The normalized spacial score (nSPS) is 11.6. The third kappa shape index (κ3) is 2.18. The van der Waals surface area contributed by atoms with Crippen molar-refractivity contribution in [2.24, 2.45) is 0 Å². The summed E-state index contributed by atoms with van der Waals surface area (Å²) in [5.74, 6) is 1.35. The zero-order valence-corrected chi connectivity index (χ0v) is 11.2. The molecule has 0 bridgehead atoms. The number of aromatic nitrogens is 2. The number of nitrogen functional groups attached to an aromatic ring is 1. The molecule has 96 valence electrons. The first-order chi connectivity index (χ1) is 8.43. The van der Waals surface area contributed by atoms with E-state index in [1.54, 1.807) is 7.11 Å². The molecule has 0 aliphatic heterocycles. The molecule has 0 fully saturated rings. The first-order valence-corrected chi connectivity index (χ1v) is 5.92. The Hall–Kier alpha value is -1.97. The molecule has 0 aliphatic carbocycles. The average Bonchev–Trinajstić information content (AvgIpc) is 2.73. The molecule has 0 radical (unpaired) electrons. The molecule has 0 unspecified atom stereocenters. The molecule has 0 saturated heterocycles. The molecule has 0 aliphatic rings. The van der Waals surface area contributed by atoms with Gasteiger partial charge in [-0.3, -0.25) is 5.10 Å². The molecular weight excluding hydrogens is 226 g/mol. The van der Waals surface area contributed by atoms with Gasteiger partial charge in [-0.05, 0) is 11.5 Å². The van der Waals surface area contributed by atoms with Crippen LogP contribution in [0.3, 0.4) is 0 Å². The quantitative estimate of drug-likeness (QED) is 0.855. The van der Waals surface area contributed by atoms with Crippen LogP contribution in [0.1, 0.15) is 26.3 Å². The largest absolute Gasteiger partial charge is 0.496 e. The Morgan fingerprint density at radius 1 is 1.28 bits per heavy atom. The highest BCUT2D eigenvalue weighted by Crippen LogP contribution is 2.38. The molecule has 2 rings (SSSR count). The van der Waals surface area contributed by atoms with Gasteiger partial charge in [-0.25, -0.2) is 0 Å². The zero-order chi connectivity index (χ0) is 13.3. The van der Waals surface area contributed by atoms with Gasteiger partial charge in [-0.15, -0.1) is 0 Å². The van der Waals surface area contributed by atoms with E-state index in [-0.39, 0.29) is 5.41 Å². The average molecular weight is 245 g/mol. The number of nitrogens with one attached hydrogen (secondary N) is 1. The third-order valence-electron chi connectivity index (χ3n) is 2.92. The van der Waals surface area contributed by atoms with E-state index in [1.165, 1.54) is 0 Å². The fraction of sp³-hybridized carbons (Fsp3) is 0.357. The summed E-state index contributed by atoms with van der Waals surface area (Å²) >= 11 is 0. The van der Waals surface area contributed by atoms with Gasteiger partial charge >= 0.3 is 0 Å². The lowest BCUT2D eigenvalue weighted by Crippen LogP contribution is -2.13. The predicted octanol–water partition coefficient (Wildman–Crippen LogP) is 2.97. The van der Waals surface area contributed by atoms with Crippen molar-refractivity contribution in [2.75, 3.05) is 12.8 Å². The van der Waals surface area contributed by atoms with Crippen LogP contribution in [-0.2, 0) is 5.41 Å². The number of hydrogen-bond acceptors (Lipinski definition) is 3. The van der Waals surface area contributed by atoms with Gasteiger partial charge in [0.1, 0.15) is 11.6 Å². The van der Waals surface area contributed by atoms with Gasteiger partial charge in [-0.1, -0.05) is 32.9 Å². The molecule has 0 spiro atoms. The lowest BCUT2D eigenvalue weighted by Gasteiger charge is -2.23. The summed E-state index contributed by atoms with van der Waals surface area (Å²) in [7, 11) is 1.69. The molecule has 3 N–H and O–H groups in total. The number of H-pyrrole nitrogens is 1. The maximum absolute atomic E-state index is 5.65. The molecule has 4 nitrogen and oxygen atoms in total. The first-order valence-electron chi connectivity index (χ1n) is 5.92. The van der Waals surface area contributed by atoms with Crippen molar-refractivity contribution in [3.8, 4) is 17.0 Å². The van der Waals surface area contributed by atoms with Crippen LogP contribution >= 0.6 is 0 Å². The summed E-state index contributed by atoms with van der Waals surface area (Å²) in [6.07, 6.45) is 0. The second kappa shape index (κ2) is 4.37. The highest BCUT2D eigenvalue weighted by Gasteiger charge is 2.21. The lowest BCUT2D eigenvalue weighted by atomic mass is 9.85. The number of ether oxygens (including phenoxy) is 1. The monoisotopic (exact) mass is 245 g/mol. The summed E-state index contributed by atoms with van der Waals surface area (Å²) in [6.45, 7) is 6.49. The van der Waals surface area contributed by atoms with Crippen molar-refractivity contribution in [3.05, 3.63) is 29.8 Å². The Morgan fingerprint density at radius 3 is 2.50 bits per heavy atom. The summed E-state index contributed by atoms with van der Waals surface area (Å²) in [4.78, 5) is 0. The Balaban J connectivity index is 2.62. The van der Waals surface area contributed by atoms with Crippen LogP contribution in [0.2, 0.25) is 0 Å². The molecule has 4 heteroatoms. The third-order valence-corrected chi connectivity index (χ3v) is 2.92. The number of aromatic amines is 1. The van der Waals surface area contributed by atoms with Crippen molar-refractivity contribution >= 4 is 5.82 Å². The van der Waals surface area contributed by atoms with Crippen LogP contribution in [0.5, 0.6) is 5.75 Å². The lowest BCUT2D eigenvalue weighted by molar-refractivity contribution is 0.399. The van der Waals surface area contributed by atoms with Crippen LogP contribution < -0.4 is 10.5 Å². The smallest absolute Gasteiger partial charge is 0.145 e. The number of nitrogens with zero attached hydrogens (tertiary/aromatic N) is 1. The van der Waals surface area contributed by atoms with E-state index in [2.05, 4.69) is 37.0 Å². The highest BCUT2D eigenvalue weighted by molar-refractivity contribution is 5.71. The minimum absolute atomic E-state index is 0.0208. The van der Waals surface area contributed by atoms with E-state index < -0.39 is 0 Å². The molecule has 2 aromatic rings. The number of benzene rings is 1. The number of methoxy groups -OCH3 is 1. The fourth-order valence-corrected chi connectivity index (χ4v) is 2.03. The first kappa shape index (κ1) is 12.5. The second-order valence-corrected chi connectivity index (χ2v) is 5.34. The second-order valence-electron chi connectivity index (χ2n) is 5.34. The molecule has 1 heterocycles. The van der Waals surface area contributed by atoms with E-state index in [0.717, 1.165) is 22.6 Å². The van der Waals surface area contributed by atoms with Crippen molar-refractivity contribution in [1.82, 2.24) is 10.2 Å². The molecule has 0 atom stereocenters. The fourth-order valence-electron chi connectivity index (χ4n) is 2.03. The SMILES string of the molecule is COc1c(-c2cc(N)n[nH]2)cccc1C(C)(C)C.